The van der Waals surface area contributed by atoms with Crippen molar-refractivity contribution in [2.45, 2.75) is 100 Å². The van der Waals surface area contributed by atoms with Crippen LogP contribution in [0.4, 0.5) is 0 Å². The van der Waals surface area contributed by atoms with Crippen molar-refractivity contribution in [2.24, 2.45) is 46.8 Å². The normalized spacial score (nSPS) is 22.9. The van der Waals surface area contributed by atoms with Crippen LogP contribution >= 0.6 is 11.8 Å². The van der Waals surface area contributed by atoms with Gasteiger partial charge in [0.1, 0.15) is 0 Å². The van der Waals surface area contributed by atoms with Gasteiger partial charge in [0.15, 0.2) is 0 Å². The first-order valence-corrected chi connectivity index (χ1v) is 13.8. The summed E-state index contributed by atoms with van der Waals surface area (Å²) in [6, 6.07) is 0. The summed E-state index contributed by atoms with van der Waals surface area (Å²) in [5, 5.41) is 0. The molecule has 28 heavy (non-hydrogen) atoms. The van der Waals surface area contributed by atoms with Gasteiger partial charge in [-0.3, -0.25) is 0 Å². The van der Waals surface area contributed by atoms with E-state index in [1.807, 2.05) is 0 Å². The minimum atomic E-state index is 0.522. The summed E-state index contributed by atoms with van der Waals surface area (Å²) < 4.78 is 0. The topological polar surface area (TPSA) is 0 Å². The fourth-order valence-corrected chi connectivity index (χ4v) is 6.24. The molecule has 0 amide bonds. The summed E-state index contributed by atoms with van der Waals surface area (Å²) in [4.78, 5) is 0. The first-order valence-electron chi connectivity index (χ1n) is 12.4. The van der Waals surface area contributed by atoms with Crippen molar-refractivity contribution in [1.29, 1.82) is 0 Å². The standard InChI is InChI=1S/C27H52S/c1-10-13-26(25(19-28-9)18-21(5)24-14-15-24)23(7)20(4)16-17-27(8,12-3)22(6)11-2/h14-15,20-26H,10-13,16-19H2,1-9H3. The molecule has 1 aliphatic rings. The van der Waals surface area contributed by atoms with E-state index in [1.165, 1.54) is 50.7 Å². The van der Waals surface area contributed by atoms with Crippen LogP contribution < -0.4 is 0 Å². The predicted octanol–water partition coefficient (Wildman–Crippen LogP) is 9.11. The van der Waals surface area contributed by atoms with E-state index in [-0.39, 0.29) is 0 Å². The summed E-state index contributed by atoms with van der Waals surface area (Å²) >= 11 is 2.07. The molecule has 1 rings (SSSR count). The summed E-state index contributed by atoms with van der Waals surface area (Å²) in [6.45, 7) is 19.8. The van der Waals surface area contributed by atoms with E-state index in [0.717, 1.165) is 41.4 Å². The van der Waals surface area contributed by atoms with Crippen LogP contribution in [-0.4, -0.2) is 12.0 Å². The molecule has 0 heterocycles. The van der Waals surface area contributed by atoms with Gasteiger partial charge in [0, 0.05) is 0 Å². The molecular weight excluding hydrogens is 356 g/mol. The van der Waals surface area contributed by atoms with Crippen molar-refractivity contribution in [1.82, 2.24) is 0 Å². The molecular formula is C27H52S. The third kappa shape index (κ3) is 7.73. The summed E-state index contributed by atoms with van der Waals surface area (Å²) in [5.41, 5.74) is 0.522. The van der Waals surface area contributed by atoms with Gasteiger partial charge in [-0.25, -0.2) is 0 Å². The number of hydrogen-bond donors (Lipinski definition) is 0. The molecule has 0 aromatic rings. The molecule has 166 valence electrons. The second-order valence-corrected chi connectivity index (χ2v) is 11.4. The van der Waals surface area contributed by atoms with Crippen LogP contribution in [0.25, 0.3) is 0 Å². The molecule has 0 N–H and O–H groups in total. The molecule has 0 bridgehead atoms. The Morgan fingerprint density at radius 1 is 1.00 bits per heavy atom. The maximum atomic E-state index is 2.59. The summed E-state index contributed by atoms with van der Waals surface area (Å²) in [5.74, 6) is 7.29. The van der Waals surface area contributed by atoms with Crippen LogP contribution in [-0.2, 0) is 0 Å². The molecule has 0 saturated heterocycles. The smallest absolute Gasteiger partial charge is 0.00273 e. The van der Waals surface area contributed by atoms with Crippen molar-refractivity contribution in [3.8, 4) is 0 Å². The van der Waals surface area contributed by atoms with Gasteiger partial charge in [0.05, 0.1) is 0 Å². The van der Waals surface area contributed by atoms with Crippen LogP contribution in [0.1, 0.15) is 100 Å². The Labute approximate surface area is 183 Å². The molecule has 0 fully saturated rings. The Balaban J connectivity index is 2.77. The molecule has 7 unspecified atom stereocenters. The van der Waals surface area contributed by atoms with Crippen molar-refractivity contribution >= 4 is 11.8 Å². The first kappa shape index (κ1) is 26.1. The van der Waals surface area contributed by atoms with Gasteiger partial charge in [-0.1, -0.05) is 93.2 Å². The lowest BCUT2D eigenvalue weighted by atomic mass is 9.67. The lowest BCUT2D eigenvalue weighted by Crippen LogP contribution is -2.31. The number of thioether (sulfide) groups is 1. The van der Waals surface area contributed by atoms with Crippen LogP contribution in [0, 0.1) is 46.8 Å². The Hall–Kier alpha value is 0.0900. The van der Waals surface area contributed by atoms with E-state index >= 15 is 0 Å². The van der Waals surface area contributed by atoms with Gasteiger partial charge >= 0.3 is 0 Å². The molecule has 0 nitrogen and oxygen atoms in total. The monoisotopic (exact) mass is 408 g/mol. The molecule has 0 spiro atoms. The minimum Gasteiger partial charge on any atom is -0.165 e. The number of rotatable bonds is 16. The lowest BCUT2D eigenvalue weighted by Gasteiger charge is -2.39. The Morgan fingerprint density at radius 2 is 1.64 bits per heavy atom. The summed E-state index contributed by atoms with van der Waals surface area (Å²) in [7, 11) is 0. The van der Waals surface area contributed by atoms with E-state index < -0.39 is 0 Å². The van der Waals surface area contributed by atoms with Gasteiger partial charge in [-0.2, -0.15) is 11.8 Å². The molecule has 0 aromatic carbocycles. The third-order valence-electron chi connectivity index (χ3n) is 8.71. The summed E-state index contributed by atoms with van der Waals surface area (Å²) in [6.07, 6.45) is 16.7. The second kappa shape index (κ2) is 12.7. The van der Waals surface area contributed by atoms with Crippen molar-refractivity contribution in [2.75, 3.05) is 12.0 Å². The van der Waals surface area contributed by atoms with Crippen molar-refractivity contribution in [3.63, 3.8) is 0 Å². The SMILES string of the molecule is CCCC(C(CSC)CC(C)C1C=C1)C(C)C(C)CCC(C)(CC)C(C)CC. The van der Waals surface area contributed by atoms with E-state index in [9.17, 15) is 0 Å². The molecule has 7 atom stereocenters. The Morgan fingerprint density at radius 3 is 2.11 bits per heavy atom. The third-order valence-corrected chi connectivity index (χ3v) is 9.47. The van der Waals surface area contributed by atoms with Crippen LogP contribution in [0.15, 0.2) is 12.2 Å². The van der Waals surface area contributed by atoms with E-state index in [0.29, 0.717) is 5.41 Å². The highest BCUT2D eigenvalue weighted by Gasteiger charge is 2.34. The highest BCUT2D eigenvalue weighted by molar-refractivity contribution is 7.98. The predicted molar refractivity (Wildman–Crippen MR) is 132 cm³/mol. The minimum absolute atomic E-state index is 0.522. The lowest BCUT2D eigenvalue weighted by molar-refractivity contribution is 0.119. The molecule has 0 aromatic heterocycles. The zero-order valence-corrected chi connectivity index (χ0v) is 21.6. The van der Waals surface area contributed by atoms with E-state index in [1.54, 1.807) is 0 Å². The average molecular weight is 409 g/mol. The maximum absolute atomic E-state index is 2.59. The molecule has 0 saturated carbocycles. The second-order valence-electron chi connectivity index (χ2n) is 10.5. The Bertz CT molecular complexity index is 436. The highest BCUT2D eigenvalue weighted by atomic mass is 32.2. The quantitative estimate of drug-likeness (QED) is 0.229. The molecule has 1 heteroatoms. The fourth-order valence-electron chi connectivity index (χ4n) is 5.43. The number of allylic oxidation sites excluding steroid dienone is 2. The first-order chi connectivity index (χ1) is 13.2. The van der Waals surface area contributed by atoms with E-state index in [2.05, 4.69) is 85.6 Å². The van der Waals surface area contributed by atoms with Crippen LogP contribution in [0.5, 0.6) is 0 Å². The van der Waals surface area contributed by atoms with Crippen LogP contribution in [0.2, 0.25) is 0 Å². The number of hydrogen-bond acceptors (Lipinski definition) is 1. The zero-order valence-electron chi connectivity index (χ0n) is 20.8. The van der Waals surface area contributed by atoms with Crippen molar-refractivity contribution in [3.05, 3.63) is 12.2 Å². The van der Waals surface area contributed by atoms with Crippen molar-refractivity contribution < 1.29 is 0 Å². The van der Waals surface area contributed by atoms with Crippen LogP contribution in [0.3, 0.4) is 0 Å². The zero-order chi connectivity index (χ0) is 21.3. The maximum Gasteiger partial charge on any atom is -0.00273 e. The molecule has 1 aliphatic carbocycles. The Kier molecular flexibility index (Phi) is 11.9. The van der Waals surface area contributed by atoms with Gasteiger partial charge < -0.3 is 0 Å². The van der Waals surface area contributed by atoms with E-state index in [4.69, 9.17) is 0 Å². The van der Waals surface area contributed by atoms with Gasteiger partial charge in [-0.15, -0.1) is 0 Å². The van der Waals surface area contributed by atoms with Gasteiger partial charge in [0.25, 0.3) is 0 Å². The van der Waals surface area contributed by atoms with Gasteiger partial charge in [-0.05, 0) is 78.1 Å². The fraction of sp³-hybridized carbons (Fsp3) is 0.926. The average Bonchev–Trinajstić information content (AvgIpc) is 3.53. The largest absolute Gasteiger partial charge is 0.165 e. The molecule has 0 aliphatic heterocycles. The van der Waals surface area contributed by atoms with Gasteiger partial charge in [0.2, 0.25) is 0 Å². The highest BCUT2D eigenvalue weighted by Crippen LogP contribution is 2.43. The molecule has 0 radical (unpaired) electrons.